The predicted octanol–water partition coefficient (Wildman–Crippen LogP) is 0.461. The lowest BCUT2D eigenvalue weighted by atomic mass is 9.88. The molecule has 2 N–H and O–H groups in total. The van der Waals surface area contributed by atoms with Crippen molar-refractivity contribution in [1.29, 1.82) is 0 Å². The van der Waals surface area contributed by atoms with E-state index in [1.165, 1.54) is 0 Å². The molecule has 0 spiro atoms. The van der Waals surface area contributed by atoms with Gasteiger partial charge in [0.1, 0.15) is 0 Å². The Hall–Kier alpha value is -1.51. The van der Waals surface area contributed by atoms with Gasteiger partial charge in [0.25, 0.3) is 0 Å². The van der Waals surface area contributed by atoms with Gasteiger partial charge in [0.15, 0.2) is 0 Å². The van der Waals surface area contributed by atoms with Crippen molar-refractivity contribution >= 4 is 23.2 Å². The van der Waals surface area contributed by atoms with Crippen LogP contribution in [0.5, 0.6) is 0 Å². The second-order valence-electron chi connectivity index (χ2n) is 6.68. The van der Waals surface area contributed by atoms with E-state index >= 15 is 0 Å². The highest BCUT2D eigenvalue weighted by molar-refractivity contribution is 7.11. The lowest BCUT2D eigenvalue weighted by Gasteiger charge is -2.34. The zero-order valence-electron chi connectivity index (χ0n) is 14.8. The van der Waals surface area contributed by atoms with Crippen LogP contribution in [0.2, 0.25) is 0 Å². The van der Waals surface area contributed by atoms with Crippen LogP contribution in [-0.4, -0.2) is 61.1 Å². The maximum Gasteiger partial charge on any atom is 0.227 e. The number of carbonyl (C=O) groups is 2. The van der Waals surface area contributed by atoms with Crippen LogP contribution in [0.25, 0.3) is 0 Å². The number of amides is 2. The van der Waals surface area contributed by atoms with E-state index in [1.54, 1.807) is 11.3 Å². The van der Waals surface area contributed by atoms with Gasteiger partial charge in [-0.3, -0.25) is 9.59 Å². The largest absolute Gasteiger partial charge is 0.378 e. The van der Waals surface area contributed by atoms with Crippen LogP contribution in [0.3, 0.4) is 0 Å². The van der Waals surface area contributed by atoms with Crippen LogP contribution < -0.4 is 10.6 Å². The second kappa shape index (κ2) is 8.25. The Balaban J connectivity index is 1.52. The maximum absolute atomic E-state index is 12.6. The average molecular weight is 366 g/mol. The van der Waals surface area contributed by atoms with Crippen molar-refractivity contribution in [2.45, 2.75) is 26.8 Å². The van der Waals surface area contributed by atoms with Crippen molar-refractivity contribution in [3.05, 3.63) is 15.6 Å². The van der Waals surface area contributed by atoms with Gasteiger partial charge in [0.05, 0.1) is 42.3 Å². The monoisotopic (exact) mass is 366 g/mol. The fraction of sp³-hybridized carbons (Fsp3) is 0.706. The normalized spacial score (nSPS) is 24.2. The van der Waals surface area contributed by atoms with Crippen molar-refractivity contribution in [1.82, 2.24) is 20.5 Å². The number of hydrogen-bond donors (Lipinski definition) is 2. The molecule has 0 unspecified atom stereocenters. The Morgan fingerprint density at radius 3 is 2.68 bits per heavy atom. The molecule has 138 valence electrons. The summed E-state index contributed by atoms with van der Waals surface area (Å²) in [5.74, 6) is -0.146. The molecular formula is C17H26N4O3S. The van der Waals surface area contributed by atoms with Crippen LogP contribution in [0.4, 0.5) is 0 Å². The Bertz CT molecular complexity index is 627. The number of nitrogens with zero attached hydrogens (tertiary/aromatic N) is 2. The van der Waals surface area contributed by atoms with E-state index in [1.807, 2.05) is 18.7 Å². The van der Waals surface area contributed by atoms with Gasteiger partial charge in [0.2, 0.25) is 11.8 Å². The molecule has 2 aliphatic rings. The summed E-state index contributed by atoms with van der Waals surface area (Å²) in [5.41, 5.74) is 0.977. The van der Waals surface area contributed by atoms with Crippen LogP contribution in [0, 0.1) is 25.7 Å². The number of aromatic nitrogens is 1. The smallest absolute Gasteiger partial charge is 0.227 e. The molecule has 0 aromatic carbocycles. The molecule has 7 nitrogen and oxygen atoms in total. The zero-order valence-corrected chi connectivity index (χ0v) is 15.7. The van der Waals surface area contributed by atoms with E-state index in [9.17, 15) is 9.59 Å². The summed E-state index contributed by atoms with van der Waals surface area (Å²) >= 11 is 1.61. The Labute approximate surface area is 152 Å². The van der Waals surface area contributed by atoms with E-state index in [0.29, 0.717) is 52.4 Å². The lowest BCUT2D eigenvalue weighted by molar-refractivity contribution is -0.141. The fourth-order valence-electron chi connectivity index (χ4n) is 3.42. The Kier molecular flexibility index (Phi) is 6.03. The van der Waals surface area contributed by atoms with E-state index in [4.69, 9.17) is 4.74 Å². The number of aryl methyl sites for hydroxylation is 2. The number of thiazole rings is 1. The molecule has 2 amide bonds. The topological polar surface area (TPSA) is 83.6 Å². The molecule has 3 rings (SSSR count). The van der Waals surface area contributed by atoms with Gasteiger partial charge >= 0.3 is 0 Å². The van der Waals surface area contributed by atoms with Gasteiger partial charge in [-0.1, -0.05) is 0 Å². The summed E-state index contributed by atoms with van der Waals surface area (Å²) in [6, 6.07) is 0. The first-order valence-electron chi connectivity index (χ1n) is 8.82. The maximum atomic E-state index is 12.6. The summed E-state index contributed by atoms with van der Waals surface area (Å²) in [6.07, 6.45) is 0.607. The first kappa shape index (κ1) is 18.3. The quantitative estimate of drug-likeness (QED) is 0.809. The number of morpholine rings is 1. The van der Waals surface area contributed by atoms with Gasteiger partial charge < -0.3 is 20.3 Å². The minimum Gasteiger partial charge on any atom is -0.378 e. The average Bonchev–Trinajstić information content (AvgIpc) is 2.97. The van der Waals surface area contributed by atoms with Crippen molar-refractivity contribution in [3.63, 3.8) is 0 Å². The SMILES string of the molecule is Cc1nc(C)c(CNC(=O)[C@@H]2CNC[C@H](C(=O)N3CCOCC3)C2)s1. The van der Waals surface area contributed by atoms with Gasteiger partial charge in [-0.15, -0.1) is 11.3 Å². The van der Waals surface area contributed by atoms with Gasteiger partial charge in [-0.25, -0.2) is 4.98 Å². The molecule has 0 bridgehead atoms. The van der Waals surface area contributed by atoms with Crippen LogP contribution in [0.15, 0.2) is 0 Å². The third-order valence-electron chi connectivity index (χ3n) is 4.82. The molecule has 2 atom stereocenters. The van der Waals surface area contributed by atoms with E-state index in [-0.39, 0.29) is 23.7 Å². The lowest BCUT2D eigenvalue weighted by Crippen LogP contribution is -2.51. The summed E-state index contributed by atoms with van der Waals surface area (Å²) in [6.45, 7) is 8.21. The minimum atomic E-state index is -0.168. The van der Waals surface area contributed by atoms with Crippen LogP contribution in [0.1, 0.15) is 22.0 Å². The molecule has 0 radical (unpaired) electrons. The number of rotatable bonds is 4. The first-order chi connectivity index (χ1) is 12.0. The Morgan fingerprint density at radius 1 is 1.28 bits per heavy atom. The summed E-state index contributed by atoms with van der Waals surface area (Å²) in [5, 5.41) is 7.27. The number of hydrogen-bond acceptors (Lipinski definition) is 6. The highest BCUT2D eigenvalue weighted by Gasteiger charge is 2.33. The van der Waals surface area contributed by atoms with Crippen molar-refractivity contribution in [3.8, 4) is 0 Å². The number of piperidine rings is 1. The van der Waals surface area contributed by atoms with E-state index < -0.39 is 0 Å². The molecule has 3 heterocycles. The van der Waals surface area contributed by atoms with Gasteiger partial charge in [-0.2, -0.15) is 0 Å². The minimum absolute atomic E-state index is 0.0115. The Morgan fingerprint density at radius 2 is 2.00 bits per heavy atom. The van der Waals surface area contributed by atoms with E-state index in [2.05, 4.69) is 15.6 Å². The molecule has 1 aromatic heterocycles. The number of nitrogens with one attached hydrogen (secondary N) is 2. The van der Waals surface area contributed by atoms with Gasteiger partial charge in [-0.05, 0) is 20.3 Å². The molecule has 0 saturated carbocycles. The molecule has 25 heavy (non-hydrogen) atoms. The number of carbonyl (C=O) groups excluding carboxylic acids is 2. The first-order valence-corrected chi connectivity index (χ1v) is 9.64. The third kappa shape index (κ3) is 4.56. The molecule has 8 heteroatoms. The molecule has 2 saturated heterocycles. The van der Waals surface area contributed by atoms with Crippen LogP contribution >= 0.6 is 11.3 Å². The molecular weight excluding hydrogens is 340 g/mol. The predicted molar refractivity (Wildman–Crippen MR) is 95.3 cm³/mol. The molecule has 1 aromatic rings. The molecule has 2 aliphatic heterocycles. The third-order valence-corrected chi connectivity index (χ3v) is 5.89. The van der Waals surface area contributed by atoms with Crippen molar-refractivity contribution in [2.75, 3.05) is 39.4 Å². The summed E-state index contributed by atoms with van der Waals surface area (Å²) in [4.78, 5) is 32.5. The highest BCUT2D eigenvalue weighted by Crippen LogP contribution is 2.21. The molecule has 2 fully saturated rings. The van der Waals surface area contributed by atoms with Crippen molar-refractivity contribution in [2.24, 2.45) is 11.8 Å². The van der Waals surface area contributed by atoms with Crippen LogP contribution in [-0.2, 0) is 20.9 Å². The zero-order chi connectivity index (χ0) is 17.8. The summed E-state index contributed by atoms with van der Waals surface area (Å²) in [7, 11) is 0. The number of ether oxygens (including phenoxy) is 1. The van der Waals surface area contributed by atoms with Crippen molar-refractivity contribution < 1.29 is 14.3 Å². The second-order valence-corrected chi connectivity index (χ2v) is 7.97. The fourth-order valence-corrected chi connectivity index (χ4v) is 4.30. The molecule has 0 aliphatic carbocycles. The summed E-state index contributed by atoms with van der Waals surface area (Å²) < 4.78 is 5.30. The highest BCUT2D eigenvalue weighted by atomic mass is 32.1. The standard InChI is InChI=1S/C17H26N4O3S/c1-11-15(25-12(2)20-11)10-19-16(22)13-7-14(9-18-8-13)17(23)21-3-5-24-6-4-21/h13-14,18H,3-10H2,1-2H3,(H,19,22)/t13-,14+/m0/s1. The van der Waals surface area contributed by atoms with Gasteiger partial charge in [0, 0.05) is 31.1 Å². The van der Waals surface area contributed by atoms with E-state index in [0.717, 1.165) is 15.6 Å².